The number of aromatic nitrogens is 2. The Labute approximate surface area is 128 Å². The van der Waals surface area contributed by atoms with Gasteiger partial charge in [0.05, 0.1) is 11.4 Å². The first-order chi connectivity index (χ1) is 10.8. The molecule has 22 heavy (non-hydrogen) atoms. The monoisotopic (exact) mass is 287 g/mol. The van der Waals surface area contributed by atoms with Crippen LogP contribution in [0.2, 0.25) is 0 Å². The fourth-order valence-electron chi connectivity index (χ4n) is 2.10. The highest BCUT2D eigenvalue weighted by atomic mass is 15.4. The molecule has 0 bridgehead atoms. The largest absolute Gasteiger partial charge is 0.255 e. The van der Waals surface area contributed by atoms with E-state index in [0.717, 1.165) is 27.5 Å². The van der Waals surface area contributed by atoms with Gasteiger partial charge in [-0.25, -0.2) is 15.8 Å². The smallest absolute Gasteiger partial charge is 0.231 e. The Balaban J connectivity index is 2.17. The first-order valence-corrected chi connectivity index (χ1v) is 6.72. The van der Waals surface area contributed by atoms with Gasteiger partial charge in [0.1, 0.15) is 0 Å². The van der Waals surface area contributed by atoms with Gasteiger partial charge in [-0.15, -0.1) is 0 Å². The highest BCUT2D eigenvalue weighted by Gasteiger charge is 2.11. The number of anilines is 1. The number of nitrogens with two attached hydrogens (primary N) is 1. The van der Waals surface area contributed by atoms with Crippen molar-refractivity contribution >= 4 is 5.95 Å². The molecule has 0 spiro atoms. The van der Waals surface area contributed by atoms with Gasteiger partial charge in [0.25, 0.3) is 5.95 Å². The van der Waals surface area contributed by atoms with Crippen molar-refractivity contribution in [3.05, 3.63) is 66.7 Å². The van der Waals surface area contributed by atoms with E-state index in [1.165, 1.54) is 0 Å². The third kappa shape index (κ3) is 2.77. The zero-order valence-electron chi connectivity index (χ0n) is 11.7. The molecule has 3 aromatic rings. The number of hydrogen-bond acceptors (Lipinski definition) is 5. The lowest BCUT2D eigenvalue weighted by Gasteiger charge is -2.11. The summed E-state index contributed by atoms with van der Waals surface area (Å²) in [7, 11) is 0. The predicted octanol–water partition coefficient (Wildman–Crippen LogP) is 2.97. The van der Waals surface area contributed by atoms with Gasteiger partial charge >= 0.3 is 0 Å². The molecule has 0 saturated carbocycles. The summed E-state index contributed by atoms with van der Waals surface area (Å²) in [6.07, 6.45) is 1.82. The van der Waals surface area contributed by atoms with E-state index in [4.69, 9.17) is 11.1 Å². The molecule has 0 aliphatic carbocycles. The van der Waals surface area contributed by atoms with E-state index in [1.807, 2.05) is 72.9 Å². The average Bonchev–Trinajstić information content (AvgIpc) is 2.62. The van der Waals surface area contributed by atoms with Crippen molar-refractivity contribution in [1.29, 1.82) is 5.26 Å². The quantitative estimate of drug-likeness (QED) is 0.347. The molecule has 0 atom stereocenters. The van der Waals surface area contributed by atoms with E-state index in [0.29, 0.717) is 0 Å². The highest BCUT2D eigenvalue weighted by molar-refractivity contribution is 5.69. The third-order valence-corrected chi connectivity index (χ3v) is 3.18. The van der Waals surface area contributed by atoms with Gasteiger partial charge in [0.2, 0.25) is 6.19 Å². The second-order valence-electron chi connectivity index (χ2n) is 4.64. The lowest BCUT2D eigenvalue weighted by atomic mass is 10.1. The highest BCUT2D eigenvalue weighted by Crippen LogP contribution is 2.25. The molecule has 2 N–H and O–H groups in total. The predicted molar refractivity (Wildman–Crippen MR) is 85.2 cm³/mol. The van der Waals surface area contributed by atoms with E-state index < -0.39 is 0 Å². The zero-order chi connectivity index (χ0) is 15.4. The molecule has 0 fully saturated rings. The van der Waals surface area contributed by atoms with Crippen LogP contribution < -0.4 is 10.9 Å². The Bertz CT molecular complexity index is 752. The van der Waals surface area contributed by atoms with E-state index in [2.05, 4.69) is 9.97 Å². The summed E-state index contributed by atoms with van der Waals surface area (Å²) >= 11 is 0. The zero-order valence-corrected chi connectivity index (χ0v) is 11.7. The van der Waals surface area contributed by atoms with E-state index in [-0.39, 0.29) is 5.95 Å². The van der Waals surface area contributed by atoms with Gasteiger partial charge in [0.15, 0.2) is 0 Å². The Hall–Kier alpha value is -3.23. The fourth-order valence-corrected chi connectivity index (χ4v) is 2.10. The molecule has 106 valence electrons. The van der Waals surface area contributed by atoms with Gasteiger partial charge < -0.3 is 0 Å². The van der Waals surface area contributed by atoms with Gasteiger partial charge in [0, 0.05) is 11.1 Å². The van der Waals surface area contributed by atoms with Gasteiger partial charge in [-0.1, -0.05) is 60.7 Å². The average molecular weight is 287 g/mol. The van der Waals surface area contributed by atoms with Crippen molar-refractivity contribution in [3.63, 3.8) is 0 Å². The molecule has 0 radical (unpaired) electrons. The minimum absolute atomic E-state index is 0.169. The second-order valence-corrected chi connectivity index (χ2v) is 4.64. The molecule has 1 aromatic heterocycles. The lowest BCUT2D eigenvalue weighted by molar-refractivity contribution is 0.985. The van der Waals surface area contributed by atoms with Crippen LogP contribution in [0.4, 0.5) is 5.95 Å². The normalized spacial score (nSPS) is 10.0. The summed E-state index contributed by atoms with van der Waals surface area (Å²) in [4.78, 5) is 8.73. The number of hydrogen-bond donors (Lipinski definition) is 1. The lowest BCUT2D eigenvalue weighted by Crippen LogP contribution is -2.26. The minimum Gasteiger partial charge on any atom is -0.231 e. The van der Waals surface area contributed by atoms with Crippen LogP contribution in [0.25, 0.3) is 22.5 Å². The Morgan fingerprint density at radius 3 is 1.68 bits per heavy atom. The summed E-state index contributed by atoms with van der Waals surface area (Å²) in [6, 6.07) is 21.3. The van der Waals surface area contributed by atoms with Crippen molar-refractivity contribution in [1.82, 2.24) is 9.97 Å². The molecule has 0 amide bonds. The van der Waals surface area contributed by atoms with Crippen LogP contribution in [0.15, 0.2) is 66.7 Å². The maximum Gasteiger partial charge on any atom is 0.255 e. The standard InChI is InChI=1S/C17H13N5/c18-12-22(19)17-20-15(13-7-3-1-4-8-13)11-16(21-17)14-9-5-2-6-10-14/h1-11H,19H2. The van der Waals surface area contributed by atoms with Crippen LogP contribution in [0.1, 0.15) is 0 Å². The van der Waals surface area contributed by atoms with Crippen LogP contribution in [-0.2, 0) is 0 Å². The molecule has 3 rings (SSSR count). The third-order valence-electron chi connectivity index (χ3n) is 3.18. The van der Waals surface area contributed by atoms with Crippen molar-refractivity contribution < 1.29 is 0 Å². The van der Waals surface area contributed by atoms with Crippen molar-refractivity contribution in [2.45, 2.75) is 0 Å². The molecule has 5 nitrogen and oxygen atoms in total. The summed E-state index contributed by atoms with van der Waals surface area (Å²) in [5.74, 6) is 5.80. The molecule has 0 unspecified atom stereocenters. The minimum atomic E-state index is 0.169. The van der Waals surface area contributed by atoms with Crippen molar-refractivity contribution in [2.75, 3.05) is 5.01 Å². The Morgan fingerprint density at radius 1 is 0.818 bits per heavy atom. The molecule has 0 aliphatic rings. The Kier molecular flexibility index (Phi) is 3.77. The van der Waals surface area contributed by atoms with Gasteiger partial charge in [-0.05, 0) is 6.07 Å². The van der Waals surface area contributed by atoms with Crippen molar-refractivity contribution in [3.8, 4) is 28.7 Å². The molecule has 0 saturated heterocycles. The SMILES string of the molecule is N#CN(N)c1nc(-c2ccccc2)cc(-c2ccccc2)n1. The number of hydrazine groups is 1. The second kappa shape index (κ2) is 6.04. The number of nitriles is 1. The number of rotatable bonds is 3. The van der Waals surface area contributed by atoms with E-state index in [1.54, 1.807) is 0 Å². The van der Waals surface area contributed by atoms with Crippen LogP contribution in [-0.4, -0.2) is 9.97 Å². The topological polar surface area (TPSA) is 78.8 Å². The maximum absolute atomic E-state index is 8.98. The fraction of sp³-hybridized carbons (Fsp3) is 0. The summed E-state index contributed by atoms with van der Waals surface area (Å²) in [5, 5.41) is 9.84. The molecule has 2 aromatic carbocycles. The molecular formula is C17H13N5. The van der Waals surface area contributed by atoms with Gasteiger partial charge in [-0.2, -0.15) is 10.3 Å². The maximum atomic E-state index is 8.98. The number of nitrogens with zero attached hydrogens (tertiary/aromatic N) is 4. The summed E-state index contributed by atoms with van der Waals surface area (Å²) < 4.78 is 0. The molecule has 0 aliphatic heterocycles. The van der Waals surface area contributed by atoms with E-state index in [9.17, 15) is 0 Å². The van der Waals surface area contributed by atoms with Crippen LogP contribution in [0.3, 0.4) is 0 Å². The van der Waals surface area contributed by atoms with Crippen LogP contribution in [0.5, 0.6) is 0 Å². The summed E-state index contributed by atoms with van der Waals surface area (Å²) in [6.45, 7) is 0. The molecular weight excluding hydrogens is 274 g/mol. The summed E-state index contributed by atoms with van der Waals surface area (Å²) in [5.41, 5.74) is 3.31. The molecule has 5 heteroatoms. The first-order valence-electron chi connectivity index (χ1n) is 6.72. The van der Waals surface area contributed by atoms with Crippen molar-refractivity contribution in [2.24, 2.45) is 5.84 Å². The van der Waals surface area contributed by atoms with Crippen LogP contribution >= 0.6 is 0 Å². The van der Waals surface area contributed by atoms with E-state index >= 15 is 0 Å². The van der Waals surface area contributed by atoms with Gasteiger partial charge in [-0.3, -0.25) is 0 Å². The first kappa shape index (κ1) is 13.7. The molecule has 1 heterocycles. The number of benzene rings is 2. The Morgan fingerprint density at radius 2 is 1.27 bits per heavy atom. The van der Waals surface area contributed by atoms with Crippen LogP contribution in [0, 0.1) is 11.5 Å².